The summed E-state index contributed by atoms with van der Waals surface area (Å²) in [5.41, 5.74) is 3.17. The van der Waals surface area contributed by atoms with Gasteiger partial charge < -0.3 is 20.4 Å². The van der Waals surface area contributed by atoms with Gasteiger partial charge in [0.25, 0.3) is 5.56 Å². The number of hydrogen-bond donors (Lipinski definition) is 3. The van der Waals surface area contributed by atoms with E-state index in [0.29, 0.717) is 24.4 Å². The van der Waals surface area contributed by atoms with E-state index in [1.807, 2.05) is 24.3 Å². The van der Waals surface area contributed by atoms with E-state index in [1.54, 1.807) is 6.92 Å². The summed E-state index contributed by atoms with van der Waals surface area (Å²) in [5, 5.41) is 6.29. The number of H-pyrrole nitrogens is 1. The number of aromatic nitrogens is 1. The average molecular weight is 560 g/mol. The molecule has 0 spiro atoms. The summed E-state index contributed by atoms with van der Waals surface area (Å²) in [7, 11) is 0. The number of aryl methyl sites for hydroxylation is 1. The molecule has 1 saturated heterocycles. The number of amides is 1. The van der Waals surface area contributed by atoms with Crippen LogP contribution in [0.1, 0.15) is 40.8 Å². The number of aromatic amines is 1. The lowest BCUT2D eigenvalue weighted by molar-refractivity contribution is -0.125. The van der Waals surface area contributed by atoms with Crippen molar-refractivity contribution in [2.45, 2.75) is 39.3 Å². The SMILES string of the molecule is Cc1[nH]c(=O)c(Br)c(OCc2ccc(F)cc2F)c1Cc1ccc(CNC(=O)C2CCNCC2)cc1. The molecule has 0 radical (unpaired) electrons. The number of ether oxygens (including phenoxy) is 1. The van der Waals surface area contributed by atoms with Gasteiger partial charge in [-0.05, 0) is 72.0 Å². The third-order valence-corrected chi connectivity index (χ3v) is 7.11. The van der Waals surface area contributed by atoms with Crippen molar-refractivity contribution in [3.8, 4) is 5.75 Å². The molecule has 1 aliphatic heterocycles. The van der Waals surface area contributed by atoms with E-state index in [1.165, 1.54) is 6.07 Å². The Balaban J connectivity index is 1.45. The molecular weight excluding hydrogens is 532 g/mol. The molecule has 1 fully saturated rings. The normalized spacial score (nSPS) is 14.0. The lowest BCUT2D eigenvalue weighted by atomic mass is 9.97. The summed E-state index contributed by atoms with van der Waals surface area (Å²) in [4.78, 5) is 27.5. The van der Waals surface area contributed by atoms with Crippen molar-refractivity contribution >= 4 is 21.8 Å². The van der Waals surface area contributed by atoms with Crippen molar-refractivity contribution < 1.29 is 18.3 Å². The van der Waals surface area contributed by atoms with Gasteiger partial charge in [-0.1, -0.05) is 24.3 Å². The number of benzene rings is 2. The predicted octanol–water partition coefficient (Wildman–Crippen LogP) is 4.51. The van der Waals surface area contributed by atoms with Gasteiger partial charge in [0, 0.05) is 41.8 Å². The van der Waals surface area contributed by atoms with Crippen molar-refractivity contribution in [3.63, 3.8) is 0 Å². The summed E-state index contributed by atoms with van der Waals surface area (Å²) in [6.45, 7) is 3.83. The summed E-state index contributed by atoms with van der Waals surface area (Å²) in [6.07, 6.45) is 2.18. The van der Waals surface area contributed by atoms with Crippen LogP contribution in [0.2, 0.25) is 0 Å². The first-order chi connectivity index (χ1) is 17.3. The van der Waals surface area contributed by atoms with Gasteiger partial charge in [0.1, 0.15) is 28.5 Å². The average Bonchev–Trinajstić information content (AvgIpc) is 2.88. The van der Waals surface area contributed by atoms with Gasteiger partial charge in [-0.25, -0.2) is 8.78 Å². The van der Waals surface area contributed by atoms with Crippen molar-refractivity contribution in [1.29, 1.82) is 0 Å². The number of rotatable bonds is 8. The standard InChI is InChI=1S/C27H28BrF2N3O3/c1-16-22(25(24(28)27(35)33-16)36-15-20-6-7-21(29)13-23(20)30)12-17-2-4-18(5-3-17)14-32-26(34)19-8-10-31-11-9-19/h2-7,13,19,31H,8-12,14-15H2,1H3,(H,32,34)(H,33,35). The Bertz CT molecular complexity index is 1290. The minimum atomic E-state index is -0.711. The van der Waals surface area contributed by atoms with E-state index in [4.69, 9.17) is 4.74 Å². The molecule has 3 aromatic rings. The maximum atomic E-state index is 14.1. The van der Waals surface area contributed by atoms with Crippen LogP contribution in [0.3, 0.4) is 0 Å². The highest BCUT2D eigenvalue weighted by Gasteiger charge is 2.20. The summed E-state index contributed by atoms with van der Waals surface area (Å²) >= 11 is 3.29. The molecule has 3 N–H and O–H groups in total. The van der Waals surface area contributed by atoms with Gasteiger partial charge >= 0.3 is 0 Å². The Morgan fingerprint density at radius 2 is 1.81 bits per heavy atom. The van der Waals surface area contributed by atoms with Crippen LogP contribution in [0.5, 0.6) is 5.75 Å². The van der Waals surface area contributed by atoms with Crippen LogP contribution in [0.15, 0.2) is 51.7 Å². The number of halogens is 3. The van der Waals surface area contributed by atoms with E-state index in [-0.39, 0.29) is 34.0 Å². The fraction of sp³-hybridized carbons (Fsp3) is 0.333. The quantitative estimate of drug-likeness (QED) is 0.379. The number of piperidine rings is 1. The Morgan fingerprint density at radius 1 is 1.11 bits per heavy atom. The molecule has 0 saturated carbocycles. The van der Waals surface area contributed by atoms with Gasteiger partial charge in [-0.15, -0.1) is 0 Å². The second kappa shape index (κ2) is 11.8. The van der Waals surface area contributed by atoms with Gasteiger partial charge in [0.2, 0.25) is 5.91 Å². The third-order valence-electron chi connectivity index (χ3n) is 6.39. The first-order valence-electron chi connectivity index (χ1n) is 11.9. The minimum absolute atomic E-state index is 0.0639. The Morgan fingerprint density at radius 3 is 2.50 bits per heavy atom. The van der Waals surface area contributed by atoms with E-state index in [0.717, 1.165) is 54.8 Å². The molecule has 2 heterocycles. The van der Waals surface area contributed by atoms with Crippen molar-refractivity contribution in [2.24, 2.45) is 5.92 Å². The van der Waals surface area contributed by atoms with E-state index in [2.05, 4.69) is 31.5 Å². The van der Waals surface area contributed by atoms with E-state index in [9.17, 15) is 18.4 Å². The molecule has 0 unspecified atom stereocenters. The number of carbonyl (C=O) groups is 1. The molecule has 2 aromatic carbocycles. The van der Waals surface area contributed by atoms with Crippen LogP contribution < -0.4 is 20.9 Å². The Labute approximate surface area is 216 Å². The molecule has 6 nitrogen and oxygen atoms in total. The second-order valence-corrected chi connectivity index (χ2v) is 9.75. The fourth-order valence-corrected chi connectivity index (χ4v) is 4.71. The fourth-order valence-electron chi connectivity index (χ4n) is 4.26. The largest absolute Gasteiger partial charge is 0.487 e. The number of pyridine rings is 1. The molecule has 0 atom stereocenters. The summed E-state index contributed by atoms with van der Waals surface area (Å²) in [5.74, 6) is -0.905. The predicted molar refractivity (Wildman–Crippen MR) is 137 cm³/mol. The van der Waals surface area contributed by atoms with Crippen LogP contribution in [-0.4, -0.2) is 24.0 Å². The van der Waals surface area contributed by atoms with Crippen LogP contribution >= 0.6 is 15.9 Å². The van der Waals surface area contributed by atoms with Crippen molar-refractivity contribution in [2.75, 3.05) is 13.1 Å². The van der Waals surface area contributed by atoms with Crippen LogP contribution in [-0.2, 0) is 24.4 Å². The molecule has 9 heteroatoms. The summed E-state index contributed by atoms with van der Waals surface area (Å²) < 4.78 is 33.4. The number of nitrogens with one attached hydrogen (secondary N) is 3. The topological polar surface area (TPSA) is 83.2 Å². The molecule has 4 rings (SSSR count). The maximum Gasteiger partial charge on any atom is 0.266 e. The smallest absolute Gasteiger partial charge is 0.266 e. The molecule has 1 amide bonds. The minimum Gasteiger partial charge on any atom is -0.487 e. The first kappa shape index (κ1) is 26.0. The number of carbonyl (C=O) groups excluding carboxylic acids is 1. The van der Waals surface area contributed by atoms with Gasteiger partial charge in [0.05, 0.1) is 0 Å². The molecule has 1 aromatic heterocycles. The highest BCUT2D eigenvalue weighted by Crippen LogP contribution is 2.31. The van der Waals surface area contributed by atoms with Crippen LogP contribution in [0.4, 0.5) is 8.78 Å². The van der Waals surface area contributed by atoms with Gasteiger partial charge in [-0.2, -0.15) is 0 Å². The second-order valence-electron chi connectivity index (χ2n) is 8.96. The Kier molecular flexibility index (Phi) is 8.53. The van der Waals surface area contributed by atoms with Gasteiger partial charge in [-0.3, -0.25) is 9.59 Å². The summed E-state index contributed by atoms with van der Waals surface area (Å²) in [6, 6.07) is 11.1. The van der Waals surface area contributed by atoms with Gasteiger partial charge in [0.15, 0.2) is 0 Å². The van der Waals surface area contributed by atoms with Crippen LogP contribution in [0.25, 0.3) is 0 Å². The highest BCUT2D eigenvalue weighted by atomic mass is 79.9. The third kappa shape index (κ3) is 6.39. The Hall–Kier alpha value is -3.04. The molecule has 190 valence electrons. The molecule has 0 aliphatic carbocycles. The van der Waals surface area contributed by atoms with E-state index >= 15 is 0 Å². The van der Waals surface area contributed by atoms with E-state index < -0.39 is 11.6 Å². The zero-order valence-electron chi connectivity index (χ0n) is 19.9. The zero-order chi connectivity index (χ0) is 25.7. The lowest BCUT2D eigenvalue weighted by Crippen LogP contribution is -2.37. The highest BCUT2D eigenvalue weighted by molar-refractivity contribution is 9.10. The molecule has 1 aliphatic rings. The van der Waals surface area contributed by atoms with Crippen molar-refractivity contribution in [3.05, 3.63) is 96.9 Å². The molecule has 36 heavy (non-hydrogen) atoms. The lowest BCUT2D eigenvalue weighted by Gasteiger charge is -2.21. The number of hydrogen-bond acceptors (Lipinski definition) is 4. The zero-order valence-corrected chi connectivity index (χ0v) is 21.5. The van der Waals surface area contributed by atoms with Crippen LogP contribution in [0, 0.1) is 24.5 Å². The monoisotopic (exact) mass is 559 g/mol. The molecular formula is C27H28BrF2N3O3. The maximum absolute atomic E-state index is 14.1. The first-order valence-corrected chi connectivity index (χ1v) is 12.7. The molecule has 0 bridgehead atoms. The van der Waals surface area contributed by atoms with Crippen molar-refractivity contribution in [1.82, 2.24) is 15.6 Å².